The molecular weight excluding hydrogens is 276 g/mol. The van der Waals surface area contributed by atoms with Crippen molar-refractivity contribution in [1.82, 2.24) is 0 Å². The highest BCUT2D eigenvalue weighted by molar-refractivity contribution is 9.10. The lowest BCUT2D eigenvalue weighted by molar-refractivity contribution is 0.0600. The van der Waals surface area contributed by atoms with Crippen molar-refractivity contribution in [2.45, 2.75) is 6.92 Å². The van der Waals surface area contributed by atoms with Gasteiger partial charge in [0.05, 0.1) is 30.9 Å². The number of ether oxygens (including phenoxy) is 3. The molecule has 0 aliphatic heterocycles. The summed E-state index contributed by atoms with van der Waals surface area (Å²) in [5.41, 5.74) is 0.412. The predicted octanol–water partition coefficient (Wildman–Crippen LogP) is 2.64. The third-order valence-corrected chi connectivity index (χ3v) is 2.53. The first-order valence-corrected chi connectivity index (χ1v) is 5.52. The van der Waals surface area contributed by atoms with Crippen LogP contribution in [0.3, 0.4) is 0 Å². The van der Waals surface area contributed by atoms with Crippen molar-refractivity contribution in [3.8, 4) is 11.5 Å². The predicted molar refractivity (Wildman–Crippen MR) is 63.2 cm³/mol. The fourth-order valence-corrected chi connectivity index (χ4v) is 1.80. The molecule has 1 aromatic rings. The summed E-state index contributed by atoms with van der Waals surface area (Å²) < 4.78 is 15.8. The molecule has 0 N–H and O–H groups in total. The van der Waals surface area contributed by atoms with Crippen LogP contribution in [-0.2, 0) is 4.74 Å². The lowest BCUT2D eigenvalue weighted by Gasteiger charge is -2.12. The molecule has 16 heavy (non-hydrogen) atoms. The summed E-state index contributed by atoms with van der Waals surface area (Å²) in [7, 11) is 2.85. The number of esters is 1. The fourth-order valence-electron chi connectivity index (χ4n) is 1.24. The molecule has 0 unspecified atom stereocenters. The Kier molecular flexibility index (Phi) is 4.61. The number of carbonyl (C=O) groups is 1. The third kappa shape index (κ3) is 2.66. The van der Waals surface area contributed by atoms with E-state index < -0.39 is 5.97 Å². The van der Waals surface area contributed by atoms with Gasteiger partial charge in [-0.15, -0.1) is 0 Å². The third-order valence-electron chi connectivity index (χ3n) is 1.94. The van der Waals surface area contributed by atoms with Crippen LogP contribution in [0.5, 0.6) is 11.5 Å². The standard InChI is InChI=1S/C11H13BrO4/c1-4-16-10-8(12)5-7(11(13)15-3)6-9(10)14-2/h5-6H,4H2,1-3H3. The van der Waals surface area contributed by atoms with E-state index in [2.05, 4.69) is 20.7 Å². The van der Waals surface area contributed by atoms with Crippen LogP contribution >= 0.6 is 15.9 Å². The number of carbonyl (C=O) groups excluding carboxylic acids is 1. The van der Waals surface area contributed by atoms with Crippen LogP contribution in [0, 0.1) is 0 Å². The molecule has 1 rings (SSSR count). The van der Waals surface area contributed by atoms with Crippen LogP contribution in [0.4, 0.5) is 0 Å². The first kappa shape index (κ1) is 12.8. The minimum Gasteiger partial charge on any atom is -0.493 e. The van der Waals surface area contributed by atoms with Crippen LogP contribution in [-0.4, -0.2) is 26.8 Å². The minimum atomic E-state index is -0.415. The Bertz CT molecular complexity index is 390. The first-order chi connectivity index (χ1) is 7.63. The highest BCUT2D eigenvalue weighted by atomic mass is 79.9. The van der Waals surface area contributed by atoms with Crippen molar-refractivity contribution in [2.75, 3.05) is 20.8 Å². The first-order valence-electron chi connectivity index (χ1n) is 4.72. The number of benzene rings is 1. The molecule has 88 valence electrons. The molecular formula is C11H13BrO4. The van der Waals surface area contributed by atoms with Gasteiger partial charge in [0.25, 0.3) is 0 Å². The largest absolute Gasteiger partial charge is 0.493 e. The van der Waals surface area contributed by atoms with E-state index in [-0.39, 0.29) is 0 Å². The summed E-state index contributed by atoms with van der Waals surface area (Å²) >= 11 is 3.32. The average Bonchev–Trinajstić information content (AvgIpc) is 2.30. The maximum absolute atomic E-state index is 11.4. The Balaban J connectivity index is 3.20. The summed E-state index contributed by atoms with van der Waals surface area (Å²) in [5.74, 6) is 0.663. The van der Waals surface area contributed by atoms with E-state index in [1.807, 2.05) is 6.92 Å². The molecule has 0 aromatic heterocycles. The van der Waals surface area contributed by atoms with E-state index in [1.54, 1.807) is 12.1 Å². The van der Waals surface area contributed by atoms with Crippen LogP contribution in [0.25, 0.3) is 0 Å². The highest BCUT2D eigenvalue weighted by Crippen LogP contribution is 2.36. The van der Waals surface area contributed by atoms with Gasteiger partial charge in [-0.25, -0.2) is 4.79 Å². The van der Waals surface area contributed by atoms with Crippen molar-refractivity contribution < 1.29 is 19.0 Å². The average molecular weight is 289 g/mol. The highest BCUT2D eigenvalue weighted by Gasteiger charge is 2.15. The molecule has 0 fully saturated rings. The maximum Gasteiger partial charge on any atom is 0.338 e. The molecule has 0 aliphatic rings. The van der Waals surface area contributed by atoms with Gasteiger partial charge in [-0.3, -0.25) is 0 Å². The fraction of sp³-hybridized carbons (Fsp3) is 0.364. The normalized spacial score (nSPS) is 9.75. The van der Waals surface area contributed by atoms with E-state index in [0.29, 0.717) is 28.1 Å². The smallest absolute Gasteiger partial charge is 0.338 e. The second-order valence-corrected chi connectivity index (χ2v) is 3.77. The van der Waals surface area contributed by atoms with Crippen molar-refractivity contribution >= 4 is 21.9 Å². The van der Waals surface area contributed by atoms with Crippen molar-refractivity contribution in [1.29, 1.82) is 0 Å². The second-order valence-electron chi connectivity index (χ2n) is 2.91. The Hall–Kier alpha value is -1.23. The molecule has 1 aromatic carbocycles. The van der Waals surface area contributed by atoms with Gasteiger partial charge in [0, 0.05) is 0 Å². The molecule has 4 nitrogen and oxygen atoms in total. The summed E-state index contributed by atoms with van der Waals surface area (Å²) in [4.78, 5) is 11.4. The molecule has 0 spiro atoms. The monoisotopic (exact) mass is 288 g/mol. The Morgan fingerprint density at radius 2 is 2.06 bits per heavy atom. The Morgan fingerprint density at radius 1 is 1.38 bits per heavy atom. The van der Waals surface area contributed by atoms with Crippen molar-refractivity contribution in [3.63, 3.8) is 0 Å². The summed E-state index contributed by atoms with van der Waals surface area (Å²) in [6.07, 6.45) is 0. The Morgan fingerprint density at radius 3 is 2.56 bits per heavy atom. The number of hydrogen-bond donors (Lipinski definition) is 0. The van der Waals surface area contributed by atoms with E-state index in [1.165, 1.54) is 14.2 Å². The maximum atomic E-state index is 11.4. The van der Waals surface area contributed by atoms with Crippen LogP contribution in [0.15, 0.2) is 16.6 Å². The lowest BCUT2D eigenvalue weighted by atomic mass is 10.2. The zero-order chi connectivity index (χ0) is 12.1. The topological polar surface area (TPSA) is 44.8 Å². The van der Waals surface area contributed by atoms with Crippen molar-refractivity contribution in [3.05, 3.63) is 22.2 Å². The van der Waals surface area contributed by atoms with Crippen LogP contribution in [0.2, 0.25) is 0 Å². The number of methoxy groups -OCH3 is 2. The van der Waals surface area contributed by atoms with E-state index in [9.17, 15) is 4.79 Å². The zero-order valence-electron chi connectivity index (χ0n) is 9.37. The number of hydrogen-bond acceptors (Lipinski definition) is 4. The van der Waals surface area contributed by atoms with E-state index in [4.69, 9.17) is 9.47 Å². The molecule has 0 atom stereocenters. The molecule has 0 amide bonds. The van der Waals surface area contributed by atoms with Crippen LogP contribution in [0.1, 0.15) is 17.3 Å². The van der Waals surface area contributed by atoms with E-state index >= 15 is 0 Å². The molecule has 5 heteroatoms. The molecule has 0 aliphatic carbocycles. The van der Waals surface area contributed by atoms with E-state index in [0.717, 1.165) is 0 Å². The number of rotatable bonds is 4. The second kappa shape index (κ2) is 5.75. The number of halogens is 1. The quantitative estimate of drug-likeness (QED) is 0.799. The molecule has 0 heterocycles. The van der Waals surface area contributed by atoms with Crippen LogP contribution < -0.4 is 9.47 Å². The van der Waals surface area contributed by atoms with Crippen molar-refractivity contribution in [2.24, 2.45) is 0 Å². The zero-order valence-corrected chi connectivity index (χ0v) is 11.0. The summed E-state index contributed by atoms with van der Waals surface area (Å²) in [6, 6.07) is 3.22. The lowest BCUT2D eigenvalue weighted by Crippen LogP contribution is -2.03. The summed E-state index contributed by atoms with van der Waals surface area (Å²) in [5, 5.41) is 0. The van der Waals surface area contributed by atoms with Gasteiger partial charge in [0.1, 0.15) is 0 Å². The van der Waals surface area contributed by atoms with Gasteiger partial charge in [-0.1, -0.05) is 0 Å². The molecule has 0 saturated carbocycles. The van der Waals surface area contributed by atoms with Gasteiger partial charge in [-0.2, -0.15) is 0 Å². The van der Waals surface area contributed by atoms with Gasteiger partial charge < -0.3 is 14.2 Å². The van der Waals surface area contributed by atoms with Gasteiger partial charge in [-0.05, 0) is 35.0 Å². The Labute approximate surface area is 103 Å². The van der Waals surface area contributed by atoms with Gasteiger partial charge >= 0.3 is 5.97 Å². The molecule has 0 radical (unpaired) electrons. The van der Waals surface area contributed by atoms with Gasteiger partial charge in [0.15, 0.2) is 11.5 Å². The minimum absolute atomic E-state index is 0.412. The summed E-state index contributed by atoms with van der Waals surface area (Å²) in [6.45, 7) is 2.40. The molecule has 0 bridgehead atoms. The molecule has 0 saturated heterocycles. The SMILES string of the molecule is CCOc1c(Br)cc(C(=O)OC)cc1OC. The van der Waals surface area contributed by atoms with Gasteiger partial charge in [0.2, 0.25) is 0 Å².